The van der Waals surface area contributed by atoms with Crippen LogP contribution in [0.25, 0.3) is 0 Å². The molecule has 2 atom stereocenters. The summed E-state index contributed by atoms with van der Waals surface area (Å²) in [5.74, 6) is 1.22. The Morgan fingerprint density at radius 3 is 2.58 bits per heavy atom. The molecule has 1 heterocycles. The molecule has 1 rings (SSSR count). The largest absolute Gasteiger partial charge is 0.341 e. The van der Waals surface area contributed by atoms with Gasteiger partial charge in [0.2, 0.25) is 0 Å². The van der Waals surface area contributed by atoms with Crippen LogP contribution >= 0.6 is 11.6 Å². The topological polar surface area (TPSA) is 48.5 Å². The predicted octanol–water partition coefficient (Wildman–Crippen LogP) is 0.259. The van der Waals surface area contributed by atoms with Crippen molar-refractivity contribution in [1.82, 2.24) is 16.0 Å². The molecule has 4 nitrogen and oxygen atoms in total. The van der Waals surface area contributed by atoms with Crippen LogP contribution in [-0.2, 0) is 0 Å². The van der Waals surface area contributed by atoms with Crippen LogP contribution in [0.4, 0.5) is 0 Å². The van der Waals surface area contributed by atoms with E-state index < -0.39 is 0 Å². The molecule has 3 N–H and O–H groups in total. The summed E-state index contributed by atoms with van der Waals surface area (Å²) in [5, 5.41) is 9.26. The Balaban J connectivity index is 2.57. The fourth-order valence-electron chi connectivity index (χ4n) is 1.04. The van der Waals surface area contributed by atoms with E-state index in [1.807, 2.05) is 0 Å². The molecule has 12 heavy (non-hydrogen) atoms. The molecular weight excluding hydrogens is 176 g/mol. The molecule has 5 heteroatoms. The molecule has 0 amide bonds. The second kappa shape index (κ2) is 3.96. The summed E-state index contributed by atoms with van der Waals surface area (Å²) >= 11 is 5.89. The van der Waals surface area contributed by atoms with Gasteiger partial charge in [-0.05, 0) is 5.92 Å². The Hall–Kier alpha value is -0.480. The first-order valence-electron chi connectivity index (χ1n) is 4.03. The number of halogens is 1. The second-order valence-electron chi connectivity index (χ2n) is 3.11. The second-order valence-corrected chi connectivity index (χ2v) is 3.55. The normalized spacial score (nSPS) is 33.2. The van der Waals surface area contributed by atoms with Crippen LogP contribution in [-0.4, -0.2) is 24.8 Å². The van der Waals surface area contributed by atoms with Gasteiger partial charge in [-0.3, -0.25) is 10.3 Å². The van der Waals surface area contributed by atoms with Crippen molar-refractivity contribution in [3.63, 3.8) is 0 Å². The zero-order valence-electron chi connectivity index (χ0n) is 7.56. The smallest absolute Gasteiger partial charge is 0.194 e. The highest BCUT2D eigenvalue weighted by Gasteiger charge is 2.23. The molecule has 0 aliphatic carbocycles. The summed E-state index contributed by atoms with van der Waals surface area (Å²) in [6.07, 6.45) is 0.187. The lowest BCUT2D eigenvalue weighted by Crippen LogP contribution is -2.64. The first kappa shape index (κ1) is 9.61. The quantitative estimate of drug-likeness (QED) is 0.411. The fraction of sp³-hybridized carbons (Fsp3) is 0.857. The van der Waals surface area contributed by atoms with Crippen molar-refractivity contribution in [3.05, 3.63) is 0 Å². The summed E-state index contributed by atoms with van der Waals surface area (Å²) in [6, 6.07) is 0. The van der Waals surface area contributed by atoms with Crippen LogP contribution in [0.15, 0.2) is 4.99 Å². The van der Waals surface area contributed by atoms with E-state index in [2.05, 4.69) is 34.8 Å². The average Bonchev–Trinajstić information content (AvgIpc) is 2.03. The van der Waals surface area contributed by atoms with Crippen molar-refractivity contribution in [2.45, 2.75) is 25.6 Å². The summed E-state index contributed by atoms with van der Waals surface area (Å²) in [7, 11) is 1.72. The maximum Gasteiger partial charge on any atom is 0.194 e. The minimum atomic E-state index is -0.239. The van der Waals surface area contributed by atoms with E-state index in [9.17, 15) is 0 Å². The summed E-state index contributed by atoms with van der Waals surface area (Å²) < 4.78 is 0. The van der Waals surface area contributed by atoms with Crippen molar-refractivity contribution < 1.29 is 0 Å². The minimum Gasteiger partial charge on any atom is -0.341 e. The molecule has 0 aromatic carbocycles. The first-order valence-corrected chi connectivity index (χ1v) is 4.47. The zero-order valence-corrected chi connectivity index (χ0v) is 8.31. The lowest BCUT2D eigenvalue weighted by Gasteiger charge is -2.33. The van der Waals surface area contributed by atoms with E-state index in [-0.39, 0.29) is 11.8 Å². The van der Waals surface area contributed by atoms with Gasteiger partial charge >= 0.3 is 0 Å². The number of alkyl halides is 1. The molecule has 0 bridgehead atoms. The van der Waals surface area contributed by atoms with Gasteiger partial charge in [0.05, 0.1) is 6.17 Å². The van der Waals surface area contributed by atoms with E-state index in [0.717, 1.165) is 5.96 Å². The Kier molecular flexibility index (Phi) is 3.17. The Morgan fingerprint density at radius 2 is 2.08 bits per heavy atom. The van der Waals surface area contributed by atoms with Crippen LogP contribution in [0.5, 0.6) is 0 Å². The summed E-state index contributed by atoms with van der Waals surface area (Å²) in [4.78, 5) is 4.00. The highest BCUT2D eigenvalue weighted by molar-refractivity contribution is 6.21. The lowest BCUT2D eigenvalue weighted by molar-refractivity contribution is 0.331. The number of hydrogen-bond donors (Lipinski definition) is 3. The number of hydrogen-bond acceptors (Lipinski definition) is 2. The number of rotatable bonds is 1. The minimum absolute atomic E-state index is 0.187. The molecule has 0 radical (unpaired) electrons. The van der Waals surface area contributed by atoms with E-state index in [0.29, 0.717) is 5.92 Å². The number of nitrogens with one attached hydrogen (secondary N) is 3. The SMILES string of the molecule is CN=C1NC(Cl)NC(C(C)C)N1. The third-order valence-electron chi connectivity index (χ3n) is 1.77. The third kappa shape index (κ3) is 2.25. The monoisotopic (exact) mass is 190 g/mol. The number of aliphatic imine (C=N–C) groups is 1. The molecular formula is C7H15ClN4. The molecule has 1 aliphatic heterocycles. The van der Waals surface area contributed by atoms with Crippen molar-refractivity contribution in [1.29, 1.82) is 0 Å². The van der Waals surface area contributed by atoms with Crippen molar-refractivity contribution in [2.75, 3.05) is 7.05 Å². The first-order chi connectivity index (χ1) is 5.63. The van der Waals surface area contributed by atoms with Crippen molar-refractivity contribution in [3.8, 4) is 0 Å². The van der Waals surface area contributed by atoms with Crippen LogP contribution in [0.1, 0.15) is 13.8 Å². The van der Waals surface area contributed by atoms with Crippen LogP contribution in [0.3, 0.4) is 0 Å². The van der Waals surface area contributed by atoms with Gasteiger partial charge in [-0.25, -0.2) is 0 Å². The van der Waals surface area contributed by atoms with Gasteiger partial charge in [-0.2, -0.15) is 0 Å². The number of nitrogens with zero attached hydrogens (tertiary/aromatic N) is 1. The van der Waals surface area contributed by atoms with E-state index in [1.54, 1.807) is 7.05 Å². The van der Waals surface area contributed by atoms with Gasteiger partial charge in [0.25, 0.3) is 0 Å². The van der Waals surface area contributed by atoms with Gasteiger partial charge in [0.15, 0.2) is 11.6 Å². The van der Waals surface area contributed by atoms with Crippen LogP contribution < -0.4 is 16.0 Å². The molecule has 2 unspecified atom stereocenters. The molecule has 0 aromatic heterocycles. The average molecular weight is 191 g/mol. The standard InChI is InChI=1S/C7H15ClN4/c1-4(2)5-10-6(8)12-7(9-3)11-5/h4-6,10H,1-3H3,(H2,9,11,12). The fourth-order valence-corrected chi connectivity index (χ4v) is 1.28. The van der Waals surface area contributed by atoms with Gasteiger partial charge in [-0.1, -0.05) is 25.4 Å². The molecule has 1 saturated heterocycles. The lowest BCUT2D eigenvalue weighted by atomic mass is 10.1. The van der Waals surface area contributed by atoms with Crippen molar-refractivity contribution in [2.24, 2.45) is 10.9 Å². The van der Waals surface area contributed by atoms with E-state index in [1.165, 1.54) is 0 Å². The predicted molar refractivity (Wildman–Crippen MR) is 51.0 cm³/mol. The molecule has 0 aromatic rings. The molecule has 0 spiro atoms. The van der Waals surface area contributed by atoms with E-state index in [4.69, 9.17) is 11.6 Å². The third-order valence-corrected chi connectivity index (χ3v) is 2.01. The number of guanidine groups is 1. The summed E-state index contributed by atoms with van der Waals surface area (Å²) in [5.41, 5.74) is -0.239. The maximum atomic E-state index is 5.89. The van der Waals surface area contributed by atoms with E-state index >= 15 is 0 Å². The zero-order chi connectivity index (χ0) is 9.14. The van der Waals surface area contributed by atoms with Gasteiger partial charge < -0.3 is 10.6 Å². The molecule has 0 saturated carbocycles. The highest BCUT2D eigenvalue weighted by atomic mass is 35.5. The molecule has 1 fully saturated rings. The van der Waals surface area contributed by atoms with Gasteiger partial charge in [0, 0.05) is 7.05 Å². The van der Waals surface area contributed by atoms with Gasteiger partial charge in [0.1, 0.15) is 0 Å². The van der Waals surface area contributed by atoms with Crippen LogP contribution in [0.2, 0.25) is 0 Å². The van der Waals surface area contributed by atoms with Crippen LogP contribution in [0, 0.1) is 5.92 Å². The van der Waals surface area contributed by atoms with Gasteiger partial charge in [-0.15, -0.1) is 0 Å². The molecule has 1 aliphatic rings. The Morgan fingerprint density at radius 1 is 1.42 bits per heavy atom. The summed E-state index contributed by atoms with van der Waals surface area (Å²) in [6.45, 7) is 4.24. The Bertz CT molecular complexity index is 180. The highest BCUT2D eigenvalue weighted by Crippen LogP contribution is 2.03. The Labute approximate surface area is 77.8 Å². The van der Waals surface area contributed by atoms with Crippen molar-refractivity contribution >= 4 is 17.6 Å². The molecule has 70 valence electrons. The maximum absolute atomic E-state index is 5.89.